The van der Waals surface area contributed by atoms with Gasteiger partial charge in [-0.15, -0.1) is 0 Å². The van der Waals surface area contributed by atoms with Gasteiger partial charge in [0.1, 0.15) is 12.4 Å². The van der Waals surface area contributed by atoms with Gasteiger partial charge in [-0.1, -0.05) is 35.3 Å². The van der Waals surface area contributed by atoms with Gasteiger partial charge >= 0.3 is 5.97 Å². The lowest BCUT2D eigenvalue weighted by molar-refractivity contribution is 0.0471. The molecular weight excluding hydrogens is 384 g/mol. The number of rotatable bonds is 3. The highest BCUT2D eigenvalue weighted by Gasteiger charge is 2.16. The number of hydrogen-bond acceptors (Lipinski definition) is 3. The van der Waals surface area contributed by atoms with Crippen LogP contribution in [0.3, 0.4) is 0 Å². The van der Waals surface area contributed by atoms with Gasteiger partial charge in [0, 0.05) is 11.3 Å². The van der Waals surface area contributed by atoms with Crippen LogP contribution in [-0.4, -0.2) is 5.97 Å². The van der Waals surface area contributed by atoms with E-state index < -0.39 is 11.8 Å². The van der Waals surface area contributed by atoms with Crippen LogP contribution in [0.4, 0.5) is 10.1 Å². The monoisotopic (exact) mass is 391 g/mol. The highest BCUT2D eigenvalue weighted by atomic mass is 79.9. The number of ether oxygens (including phenoxy) is 1. The quantitative estimate of drug-likeness (QED) is 0.600. The summed E-state index contributed by atoms with van der Waals surface area (Å²) in [5.41, 5.74) is 6.46. The molecule has 0 aliphatic heterocycles. The lowest BCUT2D eigenvalue weighted by atomic mass is 10.2. The second kappa shape index (κ2) is 6.64. The molecule has 0 bridgehead atoms. The SMILES string of the molecule is Nc1cc(Cl)c(Cl)c(C(=O)OCc2cccc(F)c2Br)c1. The van der Waals surface area contributed by atoms with E-state index in [1.54, 1.807) is 6.07 Å². The van der Waals surface area contributed by atoms with Gasteiger partial charge in [-0.25, -0.2) is 9.18 Å². The molecule has 21 heavy (non-hydrogen) atoms. The maximum absolute atomic E-state index is 13.4. The lowest BCUT2D eigenvalue weighted by Crippen LogP contribution is -2.07. The average Bonchev–Trinajstić information content (AvgIpc) is 2.44. The van der Waals surface area contributed by atoms with Gasteiger partial charge < -0.3 is 10.5 Å². The van der Waals surface area contributed by atoms with E-state index in [0.29, 0.717) is 11.3 Å². The van der Waals surface area contributed by atoms with Crippen molar-refractivity contribution < 1.29 is 13.9 Å². The van der Waals surface area contributed by atoms with Crippen LogP contribution in [0, 0.1) is 5.82 Å². The van der Waals surface area contributed by atoms with Crippen LogP contribution in [-0.2, 0) is 11.3 Å². The zero-order chi connectivity index (χ0) is 15.6. The Hall–Kier alpha value is -1.30. The van der Waals surface area contributed by atoms with Crippen LogP contribution in [0.2, 0.25) is 10.0 Å². The van der Waals surface area contributed by atoms with Crippen LogP contribution in [0.5, 0.6) is 0 Å². The Morgan fingerprint density at radius 1 is 1.33 bits per heavy atom. The fourth-order valence-corrected chi connectivity index (χ4v) is 2.43. The summed E-state index contributed by atoms with van der Waals surface area (Å²) in [6.07, 6.45) is 0. The lowest BCUT2D eigenvalue weighted by Gasteiger charge is -2.09. The molecule has 0 amide bonds. The Kier molecular flexibility index (Phi) is 5.08. The molecule has 0 aromatic heterocycles. The van der Waals surface area contributed by atoms with Gasteiger partial charge in [-0.05, 0) is 34.1 Å². The fourth-order valence-electron chi connectivity index (χ4n) is 1.64. The molecule has 0 saturated heterocycles. The summed E-state index contributed by atoms with van der Waals surface area (Å²) >= 11 is 14.9. The molecule has 0 fully saturated rings. The molecule has 0 atom stereocenters. The molecule has 0 aliphatic rings. The van der Waals surface area contributed by atoms with Gasteiger partial charge in [0.15, 0.2) is 0 Å². The molecule has 2 N–H and O–H groups in total. The molecule has 0 aliphatic carbocycles. The second-order valence-electron chi connectivity index (χ2n) is 4.15. The highest BCUT2D eigenvalue weighted by Crippen LogP contribution is 2.29. The van der Waals surface area contributed by atoms with Gasteiger partial charge in [-0.3, -0.25) is 0 Å². The van der Waals surface area contributed by atoms with Crippen molar-refractivity contribution in [3.63, 3.8) is 0 Å². The molecule has 3 nitrogen and oxygen atoms in total. The first-order valence-corrected chi connectivity index (χ1v) is 7.29. The number of carbonyl (C=O) groups is 1. The van der Waals surface area contributed by atoms with Crippen molar-refractivity contribution in [2.45, 2.75) is 6.61 Å². The molecule has 0 unspecified atom stereocenters. The van der Waals surface area contributed by atoms with Gasteiger partial charge in [-0.2, -0.15) is 0 Å². The fraction of sp³-hybridized carbons (Fsp3) is 0.0714. The maximum atomic E-state index is 13.4. The molecule has 110 valence electrons. The minimum absolute atomic E-state index is 0.0641. The Morgan fingerprint density at radius 3 is 2.76 bits per heavy atom. The van der Waals surface area contributed by atoms with Crippen molar-refractivity contribution in [1.82, 2.24) is 0 Å². The number of nitrogens with two attached hydrogens (primary N) is 1. The smallest absolute Gasteiger partial charge is 0.340 e. The van der Waals surface area contributed by atoms with E-state index in [4.69, 9.17) is 33.7 Å². The molecule has 0 spiro atoms. The van der Waals surface area contributed by atoms with Crippen LogP contribution in [0.1, 0.15) is 15.9 Å². The van der Waals surface area contributed by atoms with E-state index in [0.717, 1.165) is 0 Å². The minimum Gasteiger partial charge on any atom is -0.457 e. The maximum Gasteiger partial charge on any atom is 0.340 e. The predicted molar refractivity (Wildman–Crippen MR) is 84.1 cm³/mol. The number of esters is 1. The summed E-state index contributed by atoms with van der Waals surface area (Å²) in [5, 5.41) is 0.227. The van der Waals surface area contributed by atoms with Crippen molar-refractivity contribution in [3.05, 3.63) is 61.8 Å². The summed E-state index contributed by atoms with van der Waals surface area (Å²) in [5.74, 6) is -1.13. The van der Waals surface area contributed by atoms with E-state index >= 15 is 0 Å². The first-order chi connectivity index (χ1) is 9.90. The summed E-state index contributed by atoms with van der Waals surface area (Å²) in [6, 6.07) is 7.26. The normalized spacial score (nSPS) is 10.5. The predicted octanol–water partition coefficient (Wildman–Crippen LogP) is 4.83. The van der Waals surface area contributed by atoms with Crippen molar-refractivity contribution in [3.8, 4) is 0 Å². The van der Waals surface area contributed by atoms with E-state index in [-0.39, 0.29) is 26.7 Å². The molecule has 2 aromatic carbocycles. The van der Waals surface area contributed by atoms with E-state index in [1.165, 1.54) is 24.3 Å². The van der Waals surface area contributed by atoms with Crippen molar-refractivity contribution >= 4 is 50.8 Å². The number of halogens is 4. The Labute approximate surface area is 138 Å². The van der Waals surface area contributed by atoms with E-state index in [1.807, 2.05) is 0 Å². The van der Waals surface area contributed by atoms with Crippen LogP contribution >= 0.6 is 39.1 Å². The third-order valence-corrected chi connectivity index (χ3v) is 4.35. The number of benzene rings is 2. The summed E-state index contributed by atoms with van der Waals surface area (Å²) in [6.45, 7) is -0.111. The zero-order valence-corrected chi connectivity index (χ0v) is 13.6. The highest BCUT2D eigenvalue weighted by molar-refractivity contribution is 9.10. The first kappa shape index (κ1) is 16.1. The molecular formula is C14H9BrCl2FNO2. The average molecular weight is 393 g/mol. The van der Waals surface area contributed by atoms with Crippen molar-refractivity contribution in [1.29, 1.82) is 0 Å². The van der Waals surface area contributed by atoms with Crippen LogP contribution in [0.25, 0.3) is 0 Å². The number of anilines is 1. The molecule has 2 aromatic rings. The Balaban J connectivity index is 2.18. The number of carbonyl (C=O) groups excluding carboxylic acids is 1. The Bertz CT molecular complexity index is 710. The standard InChI is InChI=1S/C14H9BrCl2FNO2/c15-12-7(2-1-3-11(12)18)6-21-14(20)9-4-8(19)5-10(16)13(9)17/h1-5H,6,19H2. The largest absolute Gasteiger partial charge is 0.457 e. The van der Waals surface area contributed by atoms with Gasteiger partial charge in [0.05, 0.1) is 20.1 Å². The number of nitrogen functional groups attached to an aromatic ring is 1. The van der Waals surface area contributed by atoms with Crippen molar-refractivity contribution in [2.75, 3.05) is 5.73 Å². The third-order valence-electron chi connectivity index (χ3n) is 2.66. The second-order valence-corrected chi connectivity index (χ2v) is 5.73. The molecule has 7 heteroatoms. The molecule has 2 rings (SSSR count). The summed E-state index contributed by atoms with van der Waals surface area (Å²) in [4.78, 5) is 12.0. The third kappa shape index (κ3) is 3.67. The van der Waals surface area contributed by atoms with E-state index in [2.05, 4.69) is 15.9 Å². The van der Waals surface area contributed by atoms with Crippen LogP contribution in [0.15, 0.2) is 34.8 Å². The zero-order valence-electron chi connectivity index (χ0n) is 10.5. The molecule has 0 saturated carbocycles. The van der Waals surface area contributed by atoms with Gasteiger partial charge in [0.2, 0.25) is 0 Å². The van der Waals surface area contributed by atoms with Gasteiger partial charge in [0.25, 0.3) is 0 Å². The Morgan fingerprint density at radius 2 is 2.05 bits per heavy atom. The van der Waals surface area contributed by atoms with Crippen molar-refractivity contribution in [2.24, 2.45) is 0 Å². The summed E-state index contributed by atoms with van der Waals surface area (Å²) < 4.78 is 18.7. The minimum atomic E-state index is -0.689. The van der Waals surface area contributed by atoms with E-state index in [9.17, 15) is 9.18 Å². The first-order valence-electron chi connectivity index (χ1n) is 5.74. The number of hydrogen-bond donors (Lipinski definition) is 1. The topological polar surface area (TPSA) is 52.3 Å². The van der Waals surface area contributed by atoms with Crippen LogP contribution < -0.4 is 5.73 Å². The molecule has 0 radical (unpaired) electrons. The molecule has 0 heterocycles. The summed E-state index contributed by atoms with van der Waals surface area (Å²) in [7, 11) is 0.